The van der Waals surface area contributed by atoms with Crippen LogP contribution in [0.4, 0.5) is 16.2 Å². The first-order chi connectivity index (χ1) is 13.8. The number of nitrogens with zero attached hydrogens (tertiary/aromatic N) is 5. The molecule has 0 saturated carbocycles. The van der Waals surface area contributed by atoms with Gasteiger partial charge in [-0.3, -0.25) is 4.90 Å². The van der Waals surface area contributed by atoms with Crippen LogP contribution in [0.5, 0.6) is 0 Å². The van der Waals surface area contributed by atoms with Crippen LogP contribution in [0.2, 0.25) is 0 Å². The molecule has 1 saturated heterocycles. The van der Waals surface area contributed by atoms with Gasteiger partial charge in [-0.1, -0.05) is 48.5 Å². The third kappa shape index (κ3) is 4.61. The largest absolute Gasteiger partial charge is 0.353 e. The Labute approximate surface area is 164 Å². The summed E-state index contributed by atoms with van der Waals surface area (Å²) in [5, 5.41) is 11.1. The van der Waals surface area contributed by atoms with Crippen molar-refractivity contribution in [2.45, 2.75) is 13.1 Å². The number of rotatable bonds is 6. The SMILES string of the molecule is Fc1ccccc1CNc1nncc(N2CCN(Cc3ccccc3)CC2)n1. The van der Waals surface area contributed by atoms with E-state index < -0.39 is 0 Å². The Morgan fingerprint density at radius 1 is 0.929 bits per heavy atom. The van der Waals surface area contributed by atoms with E-state index in [4.69, 9.17) is 0 Å². The average molecular weight is 378 g/mol. The number of aromatic nitrogens is 3. The molecule has 28 heavy (non-hydrogen) atoms. The van der Waals surface area contributed by atoms with Crippen molar-refractivity contribution in [3.8, 4) is 0 Å². The Morgan fingerprint density at radius 3 is 2.46 bits per heavy atom. The van der Waals surface area contributed by atoms with Gasteiger partial charge in [0.15, 0.2) is 5.82 Å². The highest BCUT2D eigenvalue weighted by Crippen LogP contribution is 2.16. The molecule has 0 radical (unpaired) electrons. The van der Waals surface area contributed by atoms with E-state index in [9.17, 15) is 4.39 Å². The molecule has 1 aromatic heterocycles. The van der Waals surface area contributed by atoms with E-state index in [0.717, 1.165) is 38.5 Å². The first-order valence-electron chi connectivity index (χ1n) is 9.46. The van der Waals surface area contributed by atoms with Gasteiger partial charge in [-0.25, -0.2) is 4.39 Å². The molecule has 6 nitrogen and oxygen atoms in total. The quantitative estimate of drug-likeness (QED) is 0.712. The molecule has 2 aromatic carbocycles. The molecule has 4 rings (SSSR count). The summed E-state index contributed by atoms with van der Waals surface area (Å²) in [5.74, 6) is 0.964. The maximum atomic E-state index is 13.7. The molecule has 0 amide bonds. The van der Waals surface area contributed by atoms with Crippen molar-refractivity contribution in [3.05, 3.63) is 77.7 Å². The molecule has 0 atom stereocenters. The lowest BCUT2D eigenvalue weighted by Gasteiger charge is -2.35. The molecule has 144 valence electrons. The van der Waals surface area contributed by atoms with Crippen molar-refractivity contribution in [2.75, 3.05) is 36.4 Å². The van der Waals surface area contributed by atoms with E-state index in [1.165, 1.54) is 11.6 Å². The molecular weight excluding hydrogens is 355 g/mol. The standard InChI is InChI=1S/C21H23FN6/c22-19-9-5-4-8-18(19)14-23-21-25-20(15-24-26-21)28-12-10-27(11-13-28)16-17-6-2-1-3-7-17/h1-9,15H,10-14,16H2,(H,23,25,26). The van der Waals surface area contributed by atoms with Crippen LogP contribution in [0.15, 0.2) is 60.8 Å². The van der Waals surface area contributed by atoms with Crippen LogP contribution >= 0.6 is 0 Å². The second kappa shape index (κ2) is 8.75. The van der Waals surface area contributed by atoms with Crippen LogP contribution in [0, 0.1) is 5.82 Å². The van der Waals surface area contributed by atoms with Crippen LogP contribution in [0.3, 0.4) is 0 Å². The minimum absolute atomic E-state index is 0.242. The number of benzene rings is 2. The van der Waals surface area contributed by atoms with Gasteiger partial charge in [0, 0.05) is 44.8 Å². The maximum Gasteiger partial charge on any atom is 0.244 e. The van der Waals surface area contributed by atoms with E-state index in [0.29, 0.717) is 18.1 Å². The summed E-state index contributed by atoms with van der Waals surface area (Å²) in [5.41, 5.74) is 1.91. The number of anilines is 2. The molecule has 7 heteroatoms. The Morgan fingerprint density at radius 2 is 1.68 bits per heavy atom. The summed E-state index contributed by atoms with van der Waals surface area (Å²) in [7, 11) is 0. The van der Waals surface area contributed by atoms with E-state index in [-0.39, 0.29) is 5.82 Å². The zero-order valence-corrected chi connectivity index (χ0v) is 15.6. The third-order valence-corrected chi connectivity index (χ3v) is 4.89. The normalized spacial score (nSPS) is 14.8. The Hall–Kier alpha value is -3.06. The van der Waals surface area contributed by atoms with Crippen LogP contribution in [0.1, 0.15) is 11.1 Å². The predicted octanol–water partition coefficient (Wildman–Crippen LogP) is 2.95. The molecule has 0 bridgehead atoms. The topological polar surface area (TPSA) is 57.2 Å². The molecule has 0 unspecified atom stereocenters. The zero-order valence-electron chi connectivity index (χ0n) is 15.6. The van der Waals surface area contributed by atoms with Crippen molar-refractivity contribution in [3.63, 3.8) is 0 Å². The number of hydrogen-bond acceptors (Lipinski definition) is 6. The molecule has 0 aliphatic carbocycles. The Balaban J connectivity index is 1.33. The highest BCUT2D eigenvalue weighted by molar-refractivity contribution is 5.41. The number of hydrogen-bond donors (Lipinski definition) is 1. The molecule has 0 spiro atoms. The number of piperazine rings is 1. The second-order valence-corrected chi connectivity index (χ2v) is 6.83. The summed E-state index contributed by atoms with van der Waals surface area (Å²) in [6.45, 7) is 5.00. The van der Waals surface area contributed by atoms with Gasteiger partial charge in [0.1, 0.15) is 5.82 Å². The Bertz CT molecular complexity index is 896. The summed E-state index contributed by atoms with van der Waals surface area (Å²) in [4.78, 5) is 9.21. The van der Waals surface area contributed by atoms with Gasteiger partial charge in [-0.15, -0.1) is 5.10 Å². The smallest absolute Gasteiger partial charge is 0.244 e. The lowest BCUT2D eigenvalue weighted by atomic mass is 10.2. The fourth-order valence-corrected chi connectivity index (χ4v) is 3.31. The van der Waals surface area contributed by atoms with Gasteiger partial charge in [0.05, 0.1) is 6.20 Å². The lowest BCUT2D eigenvalue weighted by Crippen LogP contribution is -2.46. The van der Waals surface area contributed by atoms with E-state index in [1.807, 2.05) is 12.1 Å². The highest BCUT2D eigenvalue weighted by Gasteiger charge is 2.19. The van der Waals surface area contributed by atoms with Crippen molar-refractivity contribution in [1.82, 2.24) is 20.1 Å². The van der Waals surface area contributed by atoms with Gasteiger partial charge in [0.25, 0.3) is 0 Å². The molecule has 1 aliphatic rings. The number of halogens is 1. The van der Waals surface area contributed by atoms with E-state index in [2.05, 4.69) is 54.6 Å². The molecule has 1 N–H and O–H groups in total. The molecule has 1 fully saturated rings. The zero-order chi connectivity index (χ0) is 19.2. The summed E-state index contributed by atoms with van der Waals surface area (Å²) in [6, 6.07) is 17.2. The van der Waals surface area contributed by atoms with Gasteiger partial charge < -0.3 is 10.2 Å². The number of nitrogens with one attached hydrogen (secondary N) is 1. The fourth-order valence-electron chi connectivity index (χ4n) is 3.31. The highest BCUT2D eigenvalue weighted by atomic mass is 19.1. The van der Waals surface area contributed by atoms with Crippen molar-refractivity contribution in [2.24, 2.45) is 0 Å². The van der Waals surface area contributed by atoms with Crippen molar-refractivity contribution < 1.29 is 4.39 Å². The van der Waals surface area contributed by atoms with Gasteiger partial charge in [-0.2, -0.15) is 10.1 Å². The van der Waals surface area contributed by atoms with Crippen LogP contribution in [0.25, 0.3) is 0 Å². The van der Waals surface area contributed by atoms with Crippen molar-refractivity contribution in [1.29, 1.82) is 0 Å². The fraction of sp³-hybridized carbons (Fsp3) is 0.286. The molecular formula is C21H23FN6. The van der Waals surface area contributed by atoms with Crippen LogP contribution < -0.4 is 10.2 Å². The summed E-state index contributed by atoms with van der Waals surface area (Å²) < 4.78 is 13.7. The van der Waals surface area contributed by atoms with Gasteiger partial charge in [-0.05, 0) is 11.6 Å². The monoisotopic (exact) mass is 378 g/mol. The van der Waals surface area contributed by atoms with Crippen LogP contribution in [-0.4, -0.2) is 46.3 Å². The molecule has 2 heterocycles. The van der Waals surface area contributed by atoms with Crippen molar-refractivity contribution >= 4 is 11.8 Å². The van der Waals surface area contributed by atoms with Gasteiger partial charge >= 0.3 is 0 Å². The lowest BCUT2D eigenvalue weighted by molar-refractivity contribution is 0.249. The predicted molar refractivity (Wildman–Crippen MR) is 107 cm³/mol. The molecule has 1 aliphatic heterocycles. The van der Waals surface area contributed by atoms with Crippen LogP contribution in [-0.2, 0) is 13.1 Å². The second-order valence-electron chi connectivity index (χ2n) is 6.83. The van der Waals surface area contributed by atoms with E-state index >= 15 is 0 Å². The first-order valence-corrected chi connectivity index (χ1v) is 9.46. The average Bonchev–Trinajstić information content (AvgIpc) is 2.75. The van der Waals surface area contributed by atoms with Gasteiger partial charge in [0.2, 0.25) is 5.95 Å². The summed E-state index contributed by atoms with van der Waals surface area (Å²) in [6.07, 6.45) is 1.68. The minimum Gasteiger partial charge on any atom is -0.353 e. The Kier molecular flexibility index (Phi) is 5.72. The third-order valence-electron chi connectivity index (χ3n) is 4.89. The first kappa shape index (κ1) is 18.3. The van der Waals surface area contributed by atoms with E-state index in [1.54, 1.807) is 18.3 Å². The minimum atomic E-state index is -0.242. The summed E-state index contributed by atoms with van der Waals surface area (Å²) >= 11 is 0. The molecule has 3 aromatic rings. The maximum absolute atomic E-state index is 13.7.